The van der Waals surface area contributed by atoms with Crippen LogP contribution in [0.2, 0.25) is 0 Å². The largest absolute Gasteiger partial charge is 0.342 e. The SMILES string of the molecule is O=C(C1CCCN(C2CCN(CCCc3ccccc3)CC2)C1)N1CCCC1. The molecule has 28 heavy (non-hydrogen) atoms. The van der Waals surface area contributed by atoms with Gasteiger partial charge in [0.05, 0.1) is 5.92 Å². The van der Waals surface area contributed by atoms with Crippen LogP contribution in [0, 0.1) is 5.92 Å². The third-order valence-electron chi connectivity index (χ3n) is 7.08. The van der Waals surface area contributed by atoms with Gasteiger partial charge in [0.1, 0.15) is 0 Å². The van der Waals surface area contributed by atoms with Gasteiger partial charge in [-0.25, -0.2) is 0 Å². The second kappa shape index (κ2) is 9.89. The fraction of sp³-hybridized carbons (Fsp3) is 0.708. The van der Waals surface area contributed by atoms with Crippen molar-refractivity contribution in [2.75, 3.05) is 45.8 Å². The summed E-state index contributed by atoms with van der Waals surface area (Å²) in [4.78, 5) is 20.2. The zero-order chi connectivity index (χ0) is 19.2. The Kier molecular flexibility index (Phi) is 7.03. The molecule has 154 valence electrons. The first-order chi connectivity index (χ1) is 13.8. The maximum Gasteiger partial charge on any atom is 0.226 e. The van der Waals surface area contributed by atoms with Crippen molar-refractivity contribution in [2.45, 2.75) is 57.4 Å². The Balaban J connectivity index is 1.18. The number of hydrogen-bond donors (Lipinski definition) is 0. The van der Waals surface area contributed by atoms with E-state index in [1.165, 1.54) is 76.7 Å². The standard InChI is InChI=1S/C24H37N3O/c28-24(26-15-4-5-16-26)22-11-7-17-27(20-22)23-12-18-25(19-13-23)14-6-10-21-8-2-1-3-9-21/h1-3,8-9,22-23H,4-7,10-20H2. The molecule has 0 radical (unpaired) electrons. The minimum absolute atomic E-state index is 0.260. The molecule has 3 aliphatic rings. The molecule has 0 bridgehead atoms. The molecule has 1 aromatic carbocycles. The number of likely N-dealkylation sites (tertiary alicyclic amines) is 3. The fourth-order valence-electron chi connectivity index (χ4n) is 5.39. The van der Waals surface area contributed by atoms with E-state index in [0.29, 0.717) is 11.9 Å². The van der Waals surface area contributed by atoms with Crippen molar-refractivity contribution in [3.63, 3.8) is 0 Å². The normalized spacial score (nSPS) is 25.3. The first kappa shape index (κ1) is 19.9. The van der Waals surface area contributed by atoms with Gasteiger partial charge >= 0.3 is 0 Å². The Morgan fingerprint density at radius 3 is 2.39 bits per heavy atom. The van der Waals surface area contributed by atoms with Gasteiger partial charge in [-0.15, -0.1) is 0 Å². The Labute approximate surface area is 170 Å². The number of carbonyl (C=O) groups excluding carboxylic acids is 1. The Morgan fingerprint density at radius 1 is 0.893 bits per heavy atom. The topological polar surface area (TPSA) is 26.8 Å². The second-order valence-electron chi connectivity index (χ2n) is 9.03. The Hall–Kier alpha value is -1.39. The molecule has 3 fully saturated rings. The van der Waals surface area contributed by atoms with Crippen LogP contribution in [0.25, 0.3) is 0 Å². The molecular formula is C24H37N3O. The van der Waals surface area contributed by atoms with Crippen LogP contribution < -0.4 is 0 Å². The van der Waals surface area contributed by atoms with Gasteiger partial charge in [-0.05, 0) is 83.1 Å². The first-order valence-electron chi connectivity index (χ1n) is 11.6. The van der Waals surface area contributed by atoms with Gasteiger partial charge in [0.2, 0.25) is 5.91 Å². The van der Waals surface area contributed by atoms with Gasteiger partial charge in [0.15, 0.2) is 0 Å². The maximum absolute atomic E-state index is 12.8. The van der Waals surface area contributed by atoms with E-state index < -0.39 is 0 Å². The molecule has 0 saturated carbocycles. The number of piperidine rings is 2. The van der Waals surface area contributed by atoms with E-state index in [9.17, 15) is 4.79 Å². The lowest BCUT2D eigenvalue weighted by atomic mass is 9.93. The minimum Gasteiger partial charge on any atom is -0.342 e. The fourth-order valence-corrected chi connectivity index (χ4v) is 5.39. The number of hydrogen-bond acceptors (Lipinski definition) is 3. The van der Waals surface area contributed by atoms with Crippen LogP contribution in [0.1, 0.15) is 50.5 Å². The van der Waals surface area contributed by atoms with Crippen molar-refractivity contribution in [1.29, 1.82) is 0 Å². The van der Waals surface area contributed by atoms with E-state index in [0.717, 1.165) is 26.1 Å². The molecule has 4 heteroatoms. The van der Waals surface area contributed by atoms with Crippen LogP contribution >= 0.6 is 0 Å². The molecule has 0 spiro atoms. The van der Waals surface area contributed by atoms with E-state index in [1.807, 2.05) is 0 Å². The quantitative estimate of drug-likeness (QED) is 0.753. The molecular weight excluding hydrogens is 346 g/mol. The van der Waals surface area contributed by atoms with Crippen LogP contribution in [0.3, 0.4) is 0 Å². The van der Waals surface area contributed by atoms with Crippen LogP contribution in [0.5, 0.6) is 0 Å². The average Bonchev–Trinajstić information content (AvgIpc) is 3.30. The van der Waals surface area contributed by atoms with Crippen molar-refractivity contribution in [1.82, 2.24) is 14.7 Å². The highest BCUT2D eigenvalue weighted by molar-refractivity contribution is 5.79. The molecule has 3 heterocycles. The Morgan fingerprint density at radius 2 is 1.64 bits per heavy atom. The van der Waals surface area contributed by atoms with Crippen LogP contribution in [0.15, 0.2) is 30.3 Å². The zero-order valence-electron chi connectivity index (χ0n) is 17.4. The summed E-state index contributed by atoms with van der Waals surface area (Å²) in [5, 5.41) is 0. The molecule has 1 atom stereocenters. The highest BCUT2D eigenvalue weighted by Gasteiger charge is 2.34. The molecule has 1 unspecified atom stereocenters. The highest BCUT2D eigenvalue weighted by Crippen LogP contribution is 2.26. The number of carbonyl (C=O) groups is 1. The van der Waals surface area contributed by atoms with Crippen molar-refractivity contribution < 1.29 is 4.79 Å². The van der Waals surface area contributed by atoms with Gasteiger partial charge in [0, 0.05) is 25.7 Å². The lowest BCUT2D eigenvalue weighted by Crippen LogP contribution is -2.51. The first-order valence-corrected chi connectivity index (χ1v) is 11.6. The smallest absolute Gasteiger partial charge is 0.226 e. The third-order valence-corrected chi connectivity index (χ3v) is 7.08. The summed E-state index contributed by atoms with van der Waals surface area (Å²) in [7, 11) is 0. The molecule has 0 N–H and O–H groups in total. The van der Waals surface area contributed by atoms with Gasteiger partial charge in [-0.3, -0.25) is 9.69 Å². The Bertz CT molecular complexity index is 606. The summed E-state index contributed by atoms with van der Waals surface area (Å²) >= 11 is 0. The van der Waals surface area contributed by atoms with E-state index in [2.05, 4.69) is 45.0 Å². The van der Waals surface area contributed by atoms with Gasteiger partial charge in [-0.1, -0.05) is 30.3 Å². The second-order valence-corrected chi connectivity index (χ2v) is 9.03. The number of nitrogens with zero attached hydrogens (tertiary/aromatic N) is 3. The molecule has 3 saturated heterocycles. The molecule has 1 amide bonds. The lowest BCUT2D eigenvalue weighted by molar-refractivity contribution is -0.136. The summed E-state index contributed by atoms with van der Waals surface area (Å²) in [5.74, 6) is 0.705. The molecule has 0 aliphatic carbocycles. The van der Waals surface area contributed by atoms with E-state index >= 15 is 0 Å². The molecule has 3 aliphatic heterocycles. The minimum atomic E-state index is 0.260. The zero-order valence-corrected chi connectivity index (χ0v) is 17.4. The van der Waals surface area contributed by atoms with Crippen molar-refractivity contribution in [3.8, 4) is 0 Å². The number of benzene rings is 1. The van der Waals surface area contributed by atoms with E-state index in [-0.39, 0.29) is 5.92 Å². The summed E-state index contributed by atoms with van der Waals surface area (Å²) in [6, 6.07) is 11.5. The summed E-state index contributed by atoms with van der Waals surface area (Å²) < 4.78 is 0. The number of aryl methyl sites for hydroxylation is 1. The monoisotopic (exact) mass is 383 g/mol. The maximum atomic E-state index is 12.8. The summed E-state index contributed by atoms with van der Waals surface area (Å²) in [5.41, 5.74) is 1.46. The van der Waals surface area contributed by atoms with Gasteiger partial charge < -0.3 is 9.80 Å². The predicted octanol–water partition coefficient (Wildman–Crippen LogP) is 3.42. The van der Waals surface area contributed by atoms with Crippen LogP contribution in [0.4, 0.5) is 0 Å². The number of rotatable bonds is 6. The van der Waals surface area contributed by atoms with Crippen molar-refractivity contribution in [3.05, 3.63) is 35.9 Å². The van der Waals surface area contributed by atoms with Crippen LogP contribution in [-0.4, -0.2) is 72.5 Å². The molecule has 0 aromatic heterocycles. The summed E-state index contributed by atoms with van der Waals surface area (Å²) in [6.07, 6.45) is 9.69. The van der Waals surface area contributed by atoms with Crippen molar-refractivity contribution >= 4 is 5.91 Å². The average molecular weight is 384 g/mol. The van der Waals surface area contributed by atoms with Gasteiger partial charge in [-0.2, -0.15) is 0 Å². The van der Waals surface area contributed by atoms with E-state index in [1.54, 1.807) is 0 Å². The van der Waals surface area contributed by atoms with Crippen molar-refractivity contribution in [2.24, 2.45) is 5.92 Å². The molecule has 4 nitrogen and oxygen atoms in total. The molecule has 1 aromatic rings. The van der Waals surface area contributed by atoms with Crippen LogP contribution in [-0.2, 0) is 11.2 Å². The van der Waals surface area contributed by atoms with E-state index in [4.69, 9.17) is 0 Å². The van der Waals surface area contributed by atoms with Gasteiger partial charge in [0.25, 0.3) is 0 Å². The third kappa shape index (κ3) is 5.15. The highest BCUT2D eigenvalue weighted by atomic mass is 16.2. The predicted molar refractivity (Wildman–Crippen MR) is 114 cm³/mol. The molecule has 4 rings (SSSR count). The summed E-state index contributed by atoms with van der Waals surface area (Å²) in [6.45, 7) is 7.86. The number of amides is 1. The lowest BCUT2D eigenvalue weighted by Gasteiger charge is -2.42.